The third-order valence-corrected chi connectivity index (χ3v) is 5.12. The highest BCUT2D eigenvalue weighted by Gasteiger charge is 2.39. The number of esters is 2. The van der Waals surface area contributed by atoms with Gasteiger partial charge in [-0.3, -0.25) is 0 Å². The Morgan fingerprint density at radius 3 is 2.26 bits per heavy atom. The summed E-state index contributed by atoms with van der Waals surface area (Å²) in [7, 11) is 1.87. The largest absolute Gasteiger partial charge is 0.463 e. The normalized spacial score (nSPS) is 17.0. The number of carbonyl (C=O) groups excluding carboxylic acids is 2. The molecule has 0 amide bonds. The van der Waals surface area contributed by atoms with Gasteiger partial charge in [0, 0.05) is 18.4 Å². The molecule has 1 aliphatic rings. The molecule has 1 aromatic rings. The Labute approximate surface area is 164 Å². The van der Waals surface area contributed by atoms with E-state index >= 15 is 0 Å². The molecule has 27 heavy (non-hydrogen) atoms. The van der Waals surface area contributed by atoms with E-state index in [4.69, 9.17) is 9.47 Å². The van der Waals surface area contributed by atoms with Gasteiger partial charge in [-0.1, -0.05) is 18.7 Å². The van der Waals surface area contributed by atoms with Gasteiger partial charge in [-0.2, -0.15) is 0 Å². The molecular weight excluding hydrogens is 366 g/mol. The van der Waals surface area contributed by atoms with Gasteiger partial charge in [0.05, 0.1) is 42.2 Å². The van der Waals surface area contributed by atoms with Crippen molar-refractivity contribution < 1.29 is 19.1 Å². The van der Waals surface area contributed by atoms with E-state index in [0.29, 0.717) is 29.1 Å². The number of ether oxygens (including phenoxy) is 2. The van der Waals surface area contributed by atoms with Gasteiger partial charge in [0.25, 0.3) is 0 Å². The van der Waals surface area contributed by atoms with Crippen LogP contribution >= 0.6 is 11.8 Å². The molecule has 8 heteroatoms. The highest BCUT2D eigenvalue weighted by atomic mass is 32.2. The number of hydrogen-bond acceptors (Lipinski definition) is 7. The van der Waals surface area contributed by atoms with Crippen LogP contribution in [0, 0.1) is 0 Å². The second-order valence-electron chi connectivity index (χ2n) is 6.22. The van der Waals surface area contributed by atoms with Crippen molar-refractivity contribution in [3.8, 4) is 0 Å². The van der Waals surface area contributed by atoms with E-state index in [2.05, 4.69) is 10.3 Å². The van der Waals surface area contributed by atoms with Crippen LogP contribution in [-0.2, 0) is 26.1 Å². The molecule has 0 bridgehead atoms. The van der Waals surface area contributed by atoms with Crippen molar-refractivity contribution >= 4 is 23.7 Å². The molecule has 0 radical (unpaired) electrons. The number of aromatic nitrogens is 2. The summed E-state index contributed by atoms with van der Waals surface area (Å²) < 4.78 is 12.6. The summed E-state index contributed by atoms with van der Waals surface area (Å²) in [5.74, 6) is -1.49. The van der Waals surface area contributed by atoms with Crippen molar-refractivity contribution in [2.24, 2.45) is 7.05 Å². The number of imidazole rings is 1. The van der Waals surface area contributed by atoms with Crippen LogP contribution in [-0.4, -0.2) is 41.0 Å². The third kappa shape index (κ3) is 4.21. The number of hydrogen-bond donors (Lipinski definition) is 1. The first-order chi connectivity index (χ1) is 12.9. The van der Waals surface area contributed by atoms with Crippen molar-refractivity contribution in [3.05, 3.63) is 34.4 Å². The molecule has 0 aromatic carbocycles. The van der Waals surface area contributed by atoms with Crippen LogP contribution in [0.1, 0.15) is 45.7 Å². The van der Waals surface area contributed by atoms with Gasteiger partial charge in [-0.25, -0.2) is 14.6 Å². The highest BCUT2D eigenvalue weighted by Crippen LogP contribution is 2.39. The molecule has 0 aliphatic carbocycles. The standard InChI is InChI=1S/C19H27N3O4S/c1-7-9-26-18(24)15-12(4)21-11(3)14(17(23)25-8-2)16(15)13-10-20-19(27-6)22(13)5/h10,16,21H,7-9H2,1-6H3. The second kappa shape index (κ2) is 9.12. The first kappa shape index (κ1) is 21.1. The van der Waals surface area contributed by atoms with Crippen molar-refractivity contribution in [3.63, 3.8) is 0 Å². The zero-order chi connectivity index (χ0) is 20.1. The molecule has 1 atom stereocenters. The molecule has 0 fully saturated rings. The quantitative estimate of drug-likeness (QED) is 0.563. The smallest absolute Gasteiger partial charge is 0.336 e. The number of carbonyl (C=O) groups is 2. The summed E-state index contributed by atoms with van der Waals surface area (Å²) in [6, 6.07) is 0. The van der Waals surface area contributed by atoms with Gasteiger partial charge in [-0.05, 0) is 33.4 Å². The minimum absolute atomic E-state index is 0.252. The number of nitrogens with zero attached hydrogens (tertiary/aromatic N) is 2. The van der Waals surface area contributed by atoms with Crippen molar-refractivity contribution in [1.29, 1.82) is 0 Å². The Morgan fingerprint density at radius 1 is 1.19 bits per heavy atom. The van der Waals surface area contributed by atoms with Crippen LogP contribution in [0.2, 0.25) is 0 Å². The monoisotopic (exact) mass is 393 g/mol. The summed E-state index contributed by atoms with van der Waals surface area (Å²) in [6.45, 7) is 7.89. The lowest BCUT2D eigenvalue weighted by Crippen LogP contribution is -2.33. The minimum Gasteiger partial charge on any atom is -0.463 e. The van der Waals surface area contributed by atoms with E-state index in [1.165, 1.54) is 11.8 Å². The first-order valence-electron chi connectivity index (χ1n) is 8.95. The summed E-state index contributed by atoms with van der Waals surface area (Å²) >= 11 is 1.50. The summed E-state index contributed by atoms with van der Waals surface area (Å²) in [4.78, 5) is 30.0. The molecule has 2 heterocycles. The molecule has 0 saturated heterocycles. The molecule has 1 unspecified atom stereocenters. The summed E-state index contributed by atoms with van der Waals surface area (Å²) in [6.07, 6.45) is 4.35. The van der Waals surface area contributed by atoms with Crippen LogP contribution < -0.4 is 5.32 Å². The Balaban J connectivity index is 2.63. The van der Waals surface area contributed by atoms with Crippen LogP contribution in [0.4, 0.5) is 0 Å². The van der Waals surface area contributed by atoms with Crippen LogP contribution in [0.15, 0.2) is 33.9 Å². The van der Waals surface area contributed by atoms with Crippen molar-refractivity contribution in [1.82, 2.24) is 14.9 Å². The van der Waals surface area contributed by atoms with E-state index in [-0.39, 0.29) is 6.61 Å². The third-order valence-electron chi connectivity index (χ3n) is 4.37. The topological polar surface area (TPSA) is 82.4 Å². The molecular formula is C19H27N3O4S. The predicted octanol–water partition coefficient (Wildman–Crippen LogP) is 2.89. The summed E-state index contributed by atoms with van der Waals surface area (Å²) in [5.41, 5.74) is 2.88. The van der Waals surface area contributed by atoms with Gasteiger partial charge in [-0.15, -0.1) is 0 Å². The number of thioether (sulfide) groups is 1. The number of rotatable bonds is 7. The zero-order valence-electron chi connectivity index (χ0n) is 16.7. The average Bonchev–Trinajstić information content (AvgIpc) is 2.99. The molecule has 1 aliphatic heterocycles. The number of allylic oxidation sites excluding steroid dienone is 2. The lowest BCUT2D eigenvalue weighted by Gasteiger charge is -2.30. The number of nitrogens with one attached hydrogen (secondary N) is 1. The molecule has 2 rings (SSSR count). The van der Waals surface area contributed by atoms with Crippen LogP contribution in [0.25, 0.3) is 0 Å². The molecule has 0 spiro atoms. The Bertz CT molecular complexity index is 795. The SMILES string of the molecule is CCCOC(=O)C1=C(C)NC(C)=C(C(=O)OCC)C1c1cnc(SC)n1C. The van der Waals surface area contributed by atoms with Crippen molar-refractivity contribution in [2.45, 2.75) is 45.2 Å². The van der Waals surface area contributed by atoms with Gasteiger partial charge in [0.2, 0.25) is 0 Å². The van der Waals surface area contributed by atoms with E-state index in [1.807, 2.05) is 38.6 Å². The minimum atomic E-state index is -0.604. The first-order valence-corrected chi connectivity index (χ1v) is 10.2. The lowest BCUT2D eigenvalue weighted by atomic mass is 9.83. The van der Waals surface area contributed by atoms with E-state index in [9.17, 15) is 9.59 Å². The summed E-state index contributed by atoms with van der Waals surface area (Å²) in [5, 5.41) is 3.93. The van der Waals surface area contributed by atoms with Crippen LogP contribution in [0.5, 0.6) is 0 Å². The Hall–Kier alpha value is -2.22. The molecule has 0 saturated carbocycles. The zero-order valence-corrected chi connectivity index (χ0v) is 17.5. The second-order valence-corrected chi connectivity index (χ2v) is 6.99. The van der Waals surface area contributed by atoms with Crippen molar-refractivity contribution in [2.75, 3.05) is 19.5 Å². The van der Waals surface area contributed by atoms with E-state index < -0.39 is 17.9 Å². The van der Waals surface area contributed by atoms with Gasteiger partial charge < -0.3 is 19.4 Å². The number of dihydropyridines is 1. The van der Waals surface area contributed by atoms with Crippen LogP contribution in [0.3, 0.4) is 0 Å². The Morgan fingerprint density at radius 2 is 1.78 bits per heavy atom. The Kier molecular flexibility index (Phi) is 7.12. The fraction of sp³-hybridized carbons (Fsp3) is 0.526. The van der Waals surface area contributed by atoms with E-state index in [1.54, 1.807) is 13.1 Å². The maximum Gasteiger partial charge on any atom is 0.336 e. The molecule has 7 nitrogen and oxygen atoms in total. The predicted molar refractivity (Wildman–Crippen MR) is 104 cm³/mol. The maximum atomic E-state index is 12.8. The molecule has 148 valence electrons. The van der Waals surface area contributed by atoms with Gasteiger partial charge in [0.1, 0.15) is 0 Å². The van der Waals surface area contributed by atoms with Gasteiger partial charge >= 0.3 is 11.9 Å². The fourth-order valence-electron chi connectivity index (χ4n) is 3.18. The average molecular weight is 394 g/mol. The van der Waals surface area contributed by atoms with E-state index in [0.717, 1.165) is 17.3 Å². The highest BCUT2D eigenvalue weighted by molar-refractivity contribution is 7.98. The van der Waals surface area contributed by atoms with Gasteiger partial charge in [0.15, 0.2) is 5.16 Å². The molecule has 1 N–H and O–H groups in total. The maximum absolute atomic E-state index is 12.8. The lowest BCUT2D eigenvalue weighted by molar-refractivity contribution is -0.139. The molecule has 1 aromatic heterocycles. The fourth-order valence-corrected chi connectivity index (χ4v) is 3.71.